The van der Waals surface area contributed by atoms with E-state index in [1.54, 1.807) is 12.1 Å². The van der Waals surface area contributed by atoms with Gasteiger partial charge in [-0.2, -0.15) is 0 Å². The maximum absolute atomic E-state index is 13.2. The molecule has 0 radical (unpaired) electrons. The number of carbonyl (C=O) groups is 1. The molecule has 1 heterocycles. The lowest BCUT2D eigenvalue weighted by Gasteiger charge is -2.16. The number of amides is 1. The van der Waals surface area contributed by atoms with Crippen LogP contribution < -0.4 is 10.5 Å². The third-order valence-corrected chi connectivity index (χ3v) is 5.20. The second kappa shape index (κ2) is 8.83. The molecule has 2 rings (SSSR count). The normalized spacial score (nSPS) is 12.1. The Morgan fingerprint density at radius 1 is 1.25 bits per heavy atom. The monoisotopic (exact) mass is 349 g/mol. The molecule has 0 saturated heterocycles. The molecule has 0 spiro atoms. The summed E-state index contributed by atoms with van der Waals surface area (Å²) in [5.41, 5.74) is 7.12. The van der Waals surface area contributed by atoms with Gasteiger partial charge in [0.2, 0.25) is 0 Å². The molecule has 0 fully saturated rings. The SMILES string of the molecule is CCCCCC(CC)c1csc(-c2ccc(F)cc2)c1OC(N)=O. The highest BCUT2D eigenvalue weighted by Gasteiger charge is 2.22. The van der Waals surface area contributed by atoms with Gasteiger partial charge < -0.3 is 10.5 Å². The van der Waals surface area contributed by atoms with E-state index in [9.17, 15) is 9.18 Å². The Balaban J connectivity index is 2.37. The Morgan fingerprint density at radius 3 is 2.54 bits per heavy atom. The lowest BCUT2D eigenvalue weighted by molar-refractivity contribution is 0.210. The number of rotatable bonds is 8. The van der Waals surface area contributed by atoms with Gasteiger partial charge in [0.1, 0.15) is 5.82 Å². The van der Waals surface area contributed by atoms with Crippen LogP contribution in [0.3, 0.4) is 0 Å². The van der Waals surface area contributed by atoms with Crippen LogP contribution in [0.1, 0.15) is 57.4 Å². The highest BCUT2D eigenvalue weighted by atomic mass is 32.1. The van der Waals surface area contributed by atoms with Crippen molar-refractivity contribution in [2.75, 3.05) is 0 Å². The Kier molecular flexibility index (Phi) is 6.79. The number of primary amides is 1. The number of thiophene rings is 1. The first kappa shape index (κ1) is 18.5. The summed E-state index contributed by atoms with van der Waals surface area (Å²) >= 11 is 1.50. The predicted octanol–water partition coefficient (Wildman–Crippen LogP) is 6.09. The van der Waals surface area contributed by atoms with E-state index in [0.717, 1.165) is 35.3 Å². The number of unbranched alkanes of at least 4 members (excludes halogenated alkanes) is 2. The summed E-state index contributed by atoms with van der Waals surface area (Å²) in [4.78, 5) is 12.2. The number of nitrogens with two attached hydrogens (primary N) is 1. The average molecular weight is 349 g/mol. The van der Waals surface area contributed by atoms with E-state index in [2.05, 4.69) is 13.8 Å². The number of hydrogen-bond donors (Lipinski definition) is 1. The molecule has 0 saturated carbocycles. The van der Waals surface area contributed by atoms with Crippen LogP contribution in [0.2, 0.25) is 0 Å². The van der Waals surface area contributed by atoms with Crippen molar-refractivity contribution in [2.45, 2.75) is 51.9 Å². The first-order chi connectivity index (χ1) is 11.6. The first-order valence-electron chi connectivity index (χ1n) is 8.41. The third kappa shape index (κ3) is 4.57. The summed E-state index contributed by atoms with van der Waals surface area (Å²) in [6.45, 7) is 4.32. The molecule has 1 aromatic carbocycles. The summed E-state index contributed by atoms with van der Waals surface area (Å²) in [6.07, 6.45) is 4.72. The number of benzene rings is 1. The second-order valence-electron chi connectivity index (χ2n) is 5.88. The molecule has 1 atom stereocenters. The van der Waals surface area contributed by atoms with Crippen LogP contribution in [-0.2, 0) is 0 Å². The molecule has 2 N–H and O–H groups in total. The van der Waals surface area contributed by atoms with Crippen LogP contribution >= 0.6 is 11.3 Å². The molecule has 1 amide bonds. The molecular formula is C19H24FNO2S. The van der Waals surface area contributed by atoms with E-state index in [1.807, 2.05) is 5.38 Å². The zero-order valence-corrected chi connectivity index (χ0v) is 15.0. The molecule has 0 aliphatic heterocycles. The fourth-order valence-corrected chi connectivity index (χ4v) is 3.95. The molecule has 1 unspecified atom stereocenters. The van der Waals surface area contributed by atoms with Crippen LogP contribution in [-0.4, -0.2) is 6.09 Å². The van der Waals surface area contributed by atoms with Crippen LogP contribution in [0.25, 0.3) is 10.4 Å². The first-order valence-corrected chi connectivity index (χ1v) is 9.29. The Bertz CT molecular complexity index is 667. The highest BCUT2D eigenvalue weighted by molar-refractivity contribution is 7.14. The van der Waals surface area contributed by atoms with Gasteiger partial charge in [0.15, 0.2) is 5.75 Å². The number of hydrogen-bond acceptors (Lipinski definition) is 3. The number of carbonyl (C=O) groups excluding carboxylic acids is 1. The van der Waals surface area contributed by atoms with E-state index in [0.29, 0.717) is 11.7 Å². The lowest BCUT2D eigenvalue weighted by atomic mass is 9.91. The van der Waals surface area contributed by atoms with Gasteiger partial charge in [-0.15, -0.1) is 11.3 Å². The summed E-state index contributed by atoms with van der Waals surface area (Å²) in [7, 11) is 0. The molecule has 24 heavy (non-hydrogen) atoms. The minimum atomic E-state index is -0.818. The van der Waals surface area contributed by atoms with Crippen molar-refractivity contribution in [1.29, 1.82) is 0 Å². The van der Waals surface area contributed by atoms with Crippen molar-refractivity contribution in [1.82, 2.24) is 0 Å². The van der Waals surface area contributed by atoms with Crippen molar-refractivity contribution in [3.63, 3.8) is 0 Å². The van der Waals surface area contributed by atoms with Gasteiger partial charge in [-0.05, 0) is 41.8 Å². The van der Waals surface area contributed by atoms with Gasteiger partial charge in [0.05, 0.1) is 4.88 Å². The summed E-state index contributed by atoms with van der Waals surface area (Å²) in [6, 6.07) is 6.19. The molecule has 0 aliphatic carbocycles. The van der Waals surface area contributed by atoms with Gasteiger partial charge in [-0.25, -0.2) is 9.18 Å². The Hall–Kier alpha value is -1.88. The average Bonchev–Trinajstić information content (AvgIpc) is 2.95. The van der Waals surface area contributed by atoms with Crippen molar-refractivity contribution < 1.29 is 13.9 Å². The smallest absolute Gasteiger partial charge is 0.409 e. The van der Waals surface area contributed by atoms with Crippen molar-refractivity contribution in [2.24, 2.45) is 5.73 Å². The predicted molar refractivity (Wildman–Crippen MR) is 97.1 cm³/mol. The molecule has 3 nitrogen and oxygen atoms in total. The zero-order valence-electron chi connectivity index (χ0n) is 14.2. The number of halogens is 1. The molecule has 5 heteroatoms. The topological polar surface area (TPSA) is 52.3 Å². The van der Waals surface area contributed by atoms with E-state index in [4.69, 9.17) is 10.5 Å². The van der Waals surface area contributed by atoms with Gasteiger partial charge in [0.25, 0.3) is 0 Å². The minimum absolute atomic E-state index is 0.293. The second-order valence-corrected chi connectivity index (χ2v) is 6.76. The quantitative estimate of drug-likeness (QED) is 0.587. The lowest BCUT2D eigenvalue weighted by Crippen LogP contribution is -2.17. The highest BCUT2D eigenvalue weighted by Crippen LogP contribution is 2.44. The van der Waals surface area contributed by atoms with Gasteiger partial charge in [0, 0.05) is 5.56 Å². The Morgan fingerprint density at radius 2 is 1.96 bits per heavy atom. The summed E-state index contributed by atoms with van der Waals surface area (Å²) < 4.78 is 18.5. The minimum Gasteiger partial charge on any atom is -0.409 e. The summed E-state index contributed by atoms with van der Waals surface area (Å²) in [5, 5.41) is 2.04. The molecule has 0 bridgehead atoms. The fourth-order valence-electron chi connectivity index (χ4n) is 2.87. The Labute approximate surface area is 146 Å². The molecule has 1 aromatic heterocycles. The van der Waals surface area contributed by atoms with Crippen LogP contribution in [0.4, 0.5) is 9.18 Å². The van der Waals surface area contributed by atoms with E-state index >= 15 is 0 Å². The largest absolute Gasteiger partial charge is 0.410 e. The molecule has 130 valence electrons. The van der Waals surface area contributed by atoms with Crippen molar-refractivity contribution in [3.8, 4) is 16.2 Å². The van der Waals surface area contributed by atoms with Gasteiger partial charge in [-0.1, -0.05) is 45.2 Å². The van der Waals surface area contributed by atoms with Crippen LogP contribution in [0, 0.1) is 5.82 Å². The fraction of sp³-hybridized carbons (Fsp3) is 0.421. The number of ether oxygens (including phenoxy) is 1. The zero-order chi connectivity index (χ0) is 17.5. The molecule has 0 aliphatic rings. The maximum Gasteiger partial charge on any atom is 0.410 e. The van der Waals surface area contributed by atoms with Crippen LogP contribution in [0.5, 0.6) is 5.75 Å². The summed E-state index contributed by atoms with van der Waals surface area (Å²) in [5.74, 6) is 0.567. The van der Waals surface area contributed by atoms with Gasteiger partial charge >= 0.3 is 6.09 Å². The van der Waals surface area contributed by atoms with Gasteiger partial charge in [-0.3, -0.25) is 0 Å². The van der Waals surface area contributed by atoms with E-state index in [-0.39, 0.29) is 5.82 Å². The standard InChI is InChI=1S/C19H24FNO2S/c1-3-5-6-7-13(4-2)16-12-24-18(17(16)23-19(21)22)14-8-10-15(20)11-9-14/h8-13H,3-7H2,1-2H3,(H2,21,22). The van der Waals surface area contributed by atoms with E-state index in [1.165, 1.54) is 36.3 Å². The van der Waals surface area contributed by atoms with Crippen molar-refractivity contribution in [3.05, 3.63) is 41.0 Å². The molecular weight excluding hydrogens is 325 g/mol. The third-order valence-electron chi connectivity index (χ3n) is 4.17. The van der Waals surface area contributed by atoms with Crippen LogP contribution in [0.15, 0.2) is 29.6 Å². The maximum atomic E-state index is 13.2. The van der Waals surface area contributed by atoms with E-state index < -0.39 is 6.09 Å². The van der Waals surface area contributed by atoms with Crippen molar-refractivity contribution >= 4 is 17.4 Å². The molecule has 2 aromatic rings.